The minimum Gasteiger partial charge on any atom is -0.494 e. The molecule has 3 aromatic rings. The van der Waals surface area contributed by atoms with Crippen molar-refractivity contribution in [1.29, 1.82) is 0 Å². The van der Waals surface area contributed by atoms with Crippen molar-refractivity contribution >= 4 is 23.7 Å². The van der Waals surface area contributed by atoms with Crippen molar-refractivity contribution in [1.82, 2.24) is 5.43 Å². The molecule has 0 atom stereocenters. The van der Waals surface area contributed by atoms with Gasteiger partial charge in [0.15, 0.2) is 0 Å². The van der Waals surface area contributed by atoms with Gasteiger partial charge in [0.05, 0.1) is 12.8 Å². The van der Waals surface area contributed by atoms with Gasteiger partial charge in [-0.25, -0.2) is 5.43 Å². The fraction of sp³-hybridized carbons (Fsp3) is 0.167. The molecule has 6 heteroatoms. The van der Waals surface area contributed by atoms with E-state index in [9.17, 15) is 4.79 Å². The lowest BCUT2D eigenvalue weighted by molar-refractivity contribution is 0.0955. The second kappa shape index (κ2) is 11.0. The van der Waals surface area contributed by atoms with Crippen LogP contribution in [0.3, 0.4) is 0 Å². The number of benzene rings is 3. The molecule has 0 aromatic heterocycles. The SMILES string of the molecule is CCCOc1ccc(C(=O)N/N=C\c2ccc(OCc3ccc(Cl)cc3)cc2)cc1. The highest BCUT2D eigenvalue weighted by Gasteiger charge is 2.04. The molecule has 154 valence electrons. The lowest BCUT2D eigenvalue weighted by Gasteiger charge is -2.06. The van der Waals surface area contributed by atoms with Crippen LogP contribution in [0.2, 0.25) is 5.02 Å². The molecule has 5 nitrogen and oxygen atoms in total. The van der Waals surface area contributed by atoms with Gasteiger partial charge in [-0.3, -0.25) is 4.79 Å². The number of ether oxygens (including phenoxy) is 2. The van der Waals surface area contributed by atoms with Crippen LogP contribution in [0.15, 0.2) is 77.9 Å². The van der Waals surface area contributed by atoms with Crippen LogP contribution in [-0.4, -0.2) is 18.7 Å². The number of rotatable bonds is 9. The maximum absolute atomic E-state index is 12.2. The minimum atomic E-state index is -0.281. The first-order valence-electron chi connectivity index (χ1n) is 9.67. The smallest absolute Gasteiger partial charge is 0.271 e. The van der Waals surface area contributed by atoms with E-state index in [4.69, 9.17) is 21.1 Å². The molecule has 0 radical (unpaired) electrons. The van der Waals surface area contributed by atoms with Crippen LogP contribution < -0.4 is 14.9 Å². The van der Waals surface area contributed by atoms with E-state index in [0.29, 0.717) is 23.8 Å². The molecule has 1 amide bonds. The first-order valence-corrected chi connectivity index (χ1v) is 10.1. The maximum Gasteiger partial charge on any atom is 0.271 e. The van der Waals surface area contributed by atoms with Gasteiger partial charge in [0, 0.05) is 10.6 Å². The molecule has 0 bridgehead atoms. The molecule has 0 spiro atoms. The van der Waals surface area contributed by atoms with Gasteiger partial charge in [0.25, 0.3) is 5.91 Å². The van der Waals surface area contributed by atoms with E-state index in [1.165, 1.54) is 0 Å². The zero-order valence-electron chi connectivity index (χ0n) is 16.7. The quantitative estimate of drug-likeness (QED) is 0.367. The summed E-state index contributed by atoms with van der Waals surface area (Å²) in [5.74, 6) is 1.21. The molecule has 0 saturated carbocycles. The van der Waals surface area contributed by atoms with Crippen molar-refractivity contribution in [3.63, 3.8) is 0 Å². The lowest BCUT2D eigenvalue weighted by Crippen LogP contribution is -2.17. The molecule has 0 unspecified atom stereocenters. The van der Waals surface area contributed by atoms with Gasteiger partial charge in [-0.05, 0) is 78.2 Å². The van der Waals surface area contributed by atoms with E-state index in [0.717, 1.165) is 29.0 Å². The molecule has 0 saturated heterocycles. The fourth-order valence-corrected chi connectivity index (χ4v) is 2.68. The third kappa shape index (κ3) is 6.64. The van der Waals surface area contributed by atoms with Gasteiger partial charge >= 0.3 is 0 Å². The standard InChI is InChI=1S/C24H23ClN2O3/c1-2-15-29-22-13-7-20(8-14-22)24(28)27-26-16-18-5-11-23(12-6-18)30-17-19-3-9-21(25)10-4-19/h3-14,16H,2,15,17H2,1H3,(H,27,28)/b26-16-. The van der Waals surface area contributed by atoms with Crippen molar-refractivity contribution in [2.45, 2.75) is 20.0 Å². The molecule has 0 aliphatic heterocycles. The van der Waals surface area contributed by atoms with Crippen LogP contribution in [0.1, 0.15) is 34.8 Å². The summed E-state index contributed by atoms with van der Waals surface area (Å²) in [5, 5.41) is 4.71. The molecule has 1 N–H and O–H groups in total. The van der Waals surface area contributed by atoms with Crippen LogP contribution in [0.25, 0.3) is 0 Å². The van der Waals surface area contributed by atoms with Crippen molar-refractivity contribution in [2.75, 3.05) is 6.61 Å². The molecule has 3 aromatic carbocycles. The highest BCUT2D eigenvalue weighted by molar-refractivity contribution is 6.30. The Kier molecular flexibility index (Phi) is 7.86. The molecule has 0 fully saturated rings. The topological polar surface area (TPSA) is 59.9 Å². The molecule has 0 aliphatic rings. The Bertz CT molecular complexity index is 969. The Labute approximate surface area is 181 Å². The van der Waals surface area contributed by atoms with Gasteiger partial charge in [0.2, 0.25) is 0 Å². The summed E-state index contributed by atoms with van der Waals surface area (Å²) in [6.45, 7) is 3.16. The van der Waals surface area contributed by atoms with Crippen LogP contribution in [-0.2, 0) is 6.61 Å². The number of carbonyl (C=O) groups excluding carboxylic acids is 1. The predicted molar refractivity (Wildman–Crippen MR) is 120 cm³/mol. The van der Waals surface area contributed by atoms with E-state index >= 15 is 0 Å². The Morgan fingerprint density at radius 1 is 0.933 bits per heavy atom. The normalized spacial score (nSPS) is 10.7. The number of hydrogen-bond donors (Lipinski definition) is 1. The zero-order chi connectivity index (χ0) is 21.2. The third-order valence-corrected chi connectivity index (χ3v) is 4.42. The molecular formula is C24H23ClN2O3. The van der Waals surface area contributed by atoms with E-state index in [1.807, 2.05) is 55.5 Å². The molecule has 3 rings (SSSR count). The predicted octanol–water partition coefficient (Wildman–Crippen LogP) is 5.47. The van der Waals surface area contributed by atoms with Crippen LogP contribution in [0.4, 0.5) is 0 Å². The van der Waals surface area contributed by atoms with Gasteiger partial charge in [-0.1, -0.05) is 30.7 Å². The second-order valence-corrected chi connectivity index (χ2v) is 6.99. The number of carbonyl (C=O) groups is 1. The summed E-state index contributed by atoms with van der Waals surface area (Å²) >= 11 is 5.88. The first-order chi connectivity index (χ1) is 14.6. The first kappa shape index (κ1) is 21.4. The van der Waals surface area contributed by atoms with Gasteiger partial charge < -0.3 is 9.47 Å². The summed E-state index contributed by atoms with van der Waals surface area (Å²) in [6, 6.07) is 21.9. The Hall–Kier alpha value is -3.31. The number of amides is 1. The van der Waals surface area contributed by atoms with Gasteiger partial charge in [-0.15, -0.1) is 0 Å². The van der Waals surface area contributed by atoms with E-state index in [1.54, 1.807) is 30.5 Å². The maximum atomic E-state index is 12.2. The fourth-order valence-electron chi connectivity index (χ4n) is 2.55. The summed E-state index contributed by atoms with van der Waals surface area (Å²) in [7, 11) is 0. The second-order valence-electron chi connectivity index (χ2n) is 6.56. The van der Waals surface area contributed by atoms with Crippen molar-refractivity contribution in [3.05, 3.63) is 94.5 Å². The molecule has 0 heterocycles. The van der Waals surface area contributed by atoms with E-state index in [2.05, 4.69) is 10.5 Å². The molecule has 0 aliphatic carbocycles. The highest BCUT2D eigenvalue weighted by atomic mass is 35.5. The van der Waals surface area contributed by atoms with Crippen LogP contribution in [0.5, 0.6) is 11.5 Å². The monoisotopic (exact) mass is 422 g/mol. The number of hydrogen-bond acceptors (Lipinski definition) is 4. The summed E-state index contributed by atoms with van der Waals surface area (Å²) < 4.78 is 11.3. The summed E-state index contributed by atoms with van der Waals surface area (Å²) in [5.41, 5.74) is 4.92. The third-order valence-electron chi connectivity index (χ3n) is 4.17. The number of halogens is 1. The Morgan fingerprint density at radius 3 is 2.23 bits per heavy atom. The van der Waals surface area contributed by atoms with Crippen LogP contribution in [0, 0.1) is 0 Å². The van der Waals surface area contributed by atoms with E-state index in [-0.39, 0.29) is 5.91 Å². The largest absolute Gasteiger partial charge is 0.494 e. The number of nitrogens with zero attached hydrogens (tertiary/aromatic N) is 1. The highest BCUT2D eigenvalue weighted by Crippen LogP contribution is 2.15. The van der Waals surface area contributed by atoms with Crippen molar-refractivity contribution in [2.24, 2.45) is 5.10 Å². The zero-order valence-corrected chi connectivity index (χ0v) is 17.4. The van der Waals surface area contributed by atoms with Gasteiger partial charge in [0.1, 0.15) is 18.1 Å². The Morgan fingerprint density at radius 2 is 1.57 bits per heavy atom. The van der Waals surface area contributed by atoms with Crippen molar-refractivity contribution < 1.29 is 14.3 Å². The van der Waals surface area contributed by atoms with E-state index < -0.39 is 0 Å². The lowest BCUT2D eigenvalue weighted by atomic mass is 10.2. The Balaban J connectivity index is 1.47. The minimum absolute atomic E-state index is 0.281. The molecule has 30 heavy (non-hydrogen) atoms. The average Bonchev–Trinajstić information content (AvgIpc) is 2.78. The van der Waals surface area contributed by atoms with Crippen molar-refractivity contribution in [3.8, 4) is 11.5 Å². The van der Waals surface area contributed by atoms with Crippen LogP contribution >= 0.6 is 11.6 Å². The summed E-state index contributed by atoms with van der Waals surface area (Å²) in [6.07, 6.45) is 2.52. The summed E-state index contributed by atoms with van der Waals surface area (Å²) in [4.78, 5) is 12.2. The molecular weight excluding hydrogens is 400 g/mol. The number of nitrogens with one attached hydrogen (secondary N) is 1. The number of hydrazone groups is 1. The van der Waals surface area contributed by atoms with Gasteiger partial charge in [-0.2, -0.15) is 5.10 Å². The average molecular weight is 423 g/mol.